The van der Waals surface area contributed by atoms with E-state index >= 15 is 0 Å². The highest BCUT2D eigenvalue weighted by Gasteiger charge is 2.40. The first-order valence-corrected chi connectivity index (χ1v) is 9.05. The summed E-state index contributed by atoms with van der Waals surface area (Å²) >= 11 is 11.9. The summed E-state index contributed by atoms with van der Waals surface area (Å²) in [4.78, 5) is 12.7. The lowest BCUT2D eigenvalue weighted by Gasteiger charge is -2.14. The zero-order valence-electron chi connectivity index (χ0n) is 15.6. The van der Waals surface area contributed by atoms with Gasteiger partial charge in [-0.25, -0.2) is 4.68 Å². The molecule has 0 saturated heterocycles. The van der Waals surface area contributed by atoms with E-state index in [0.717, 1.165) is 6.20 Å². The van der Waals surface area contributed by atoms with Crippen molar-refractivity contribution >= 4 is 34.8 Å². The van der Waals surface area contributed by atoms with Crippen molar-refractivity contribution in [1.29, 1.82) is 0 Å². The number of nitrogens with one attached hydrogen (secondary N) is 1. The second-order valence-corrected chi connectivity index (χ2v) is 6.78. The first-order valence-electron chi connectivity index (χ1n) is 8.29. The number of hydrogen-bond donors (Lipinski definition) is 1. The van der Waals surface area contributed by atoms with Crippen molar-refractivity contribution in [2.75, 3.05) is 19.5 Å². The minimum atomic E-state index is -4.86. The average Bonchev–Trinajstić information content (AvgIpc) is 3.15. The van der Waals surface area contributed by atoms with Gasteiger partial charge in [-0.15, -0.1) is 0 Å². The number of halogens is 5. The highest BCUT2D eigenvalue weighted by Crippen LogP contribution is 2.37. The van der Waals surface area contributed by atoms with Gasteiger partial charge >= 0.3 is 6.18 Å². The zero-order valence-corrected chi connectivity index (χ0v) is 17.1. The van der Waals surface area contributed by atoms with Crippen LogP contribution in [0.1, 0.15) is 16.1 Å². The van der Waals surface area contributed by atoms with Crippen molar-refractivity contribution in [3.8, 4) is 17.2 Å². The highest BCUT2D eigenvalue weighted by atomic mass is 35.5. The summed E-state index contributed by atoms with van der Waals surface area (Å²) in [6, 6.07) is 8.27. The highest BCUT2D eigenvalue weighted by molar-refractivity contribution is 6.34. The van der Waals surface area contributed by atoms with E-state index in [4.69, 9.17) is 32.7 Å². The van der Waals surface area contributed by atoms with E-state index in [2.05, 4.69) is 10.4 Å². The lowest BCUT2D eigenvalue weighted by Crippen LogP contribution is -2.21. The molecule has 0 fully saturated rings. The Morgan fingerprint density at radius 1 is 1.07 bits per heavy atom. The monoisotopic (exact) mass is 459 g/mol. The third-order valence-corrected chi connectivity index (χ3v) is 4.64. The van der Waals surface area contributed by atoms with E-state index in [-0.39, 0.29) is 22.1 Å². The van der Waals surface area contributed by atoms with Gasteiger partial charge in [0.25, 0.3) is 5.91 Å². The maximum absolute atomic E-state index is 13.8. The molecule has 30 heavy (non-hydrogen) atoms. The van der Waals surface area contributed by atoms with Gasteiger partial charge in [-0.3, -0.25) is 4.79 Å². The topological polar surface area (TPSA) is 65.4 Å². The first-order chi connectivity index (χ1) is 14.2. The number of nitrogens with zero attached hydrogens (tertiary/aromatic N) is 2. The molecule has 0 aliphatic heterocycles. The Kier molecular flexibility index (Phi) is 6.14. The Bertz CT molecular complexity index is 1080. The maximum atomic E-state index is 13.8. The summed E-state index contributed by atoms with van der Waals surface area (Å²) in [6.07, 6.45) is -4.02. The summed E-state index contributed by atoms with van der Waals surface area (Å²) in [7, 11) is 2.77. The number of carbonyl (C=O) groups excluding carboxylic acids is 1. The molecule has 0 unspecified atom stereocenters. The van der Waals surface area contributed by atoms with Crippen molar-refractivity contribution < 1.29 is 27.4 Å². The number of ether oxygens (including phenoxy) is 2. The van der Waals surface area contributed by atoms with Crippen molar-refractivity contribution in [1.82, 2.24) is 9.78 Å². The largest absolute Gasteiger partial charge is 0.493 e. The number of alkyl halides is 3. The van der Waals surface area contributed by atoms with Gasteiger partial charge in [-0.1, -0.05) is 23.2 Å². The van der Waals surface area contributed by atoms with Gasteiger partial charge in [-0.2, -0.15) is 18.3 Å². The van der Waals surface area contributed by atoms with E-state index in [9.17, 15) is 18.0 Å². The van der Waals surface area contributed by atoms with Crippen LogP contribution in [0.2, 0.25) is 10.0 Å². The molecule has 158 valence electrons. The van der Waals surface area contributed by atoms with Gasteiger partial charge in [0.15, 0.2) is 17.2 Å². The summed E-state index contributed by atoms with van der Waals surface area (Å²) in [5.41, 5.74) is -1.77. The standard InChI is InChI=1S/C19H14Cl2F3N3O3/c1-29-15-7-13(21)14(8-16(15)30-2)26-18(28)12-9-25-27(17(12)19(22,23)24)11-5-3-10(20)4-6-11/h3-9H,1-2H3,(H,26,28). The molecule has 1 N–H and O–H groups in total. The molecule has 0 atom stereocenters. The van der Waals surface area contributed by atoms with Gasteiger partial charge in [0.2, 0.25) is 0 Å². The Labute approximate surface area is 179 Å². The second-order valence-electron chi connectivity index (χ2n) is 5.93. The van der Waals surface area contributed by atoms with E-state index < -0.39 is 23.3 Å². The lowest BCUT2D eigenvalue weighted by atomic mass is 10.2. The van der Waals surface area contributed by atoms with Crippen LogP contribution in [-0.2, 0) is 6.18 Å². The molecular weight excluding hydrogens is 446 g/mol. The van der Waals surface area contributed by atoms with Crippen LogP contribution in [0.15, 0.2) is 42.6 Å². The number of hydrogen-bond acceptors (Lipinski definition) is 4. The van der Waals surface area contributed by atoms with Crippen LogP contribution in [0.3, 0.4) is 0 Å². The van der Waals surface area contributed by atoms with Gasteiger partial charge in [0, 0.05) is 17.2 Å². The Balaban J connectivity index is 2.02. The van der Waals surface area contributed by atoms with Crippen LogP contribution >= 0.6 is 23.2 Å². The average molecular weight is 460 g/mol. The predicted octanol–water partition coefficient (Wildman–Crippen LogP) is 5.47. The number of anilines is 1. The molecule has 11 heteroatoms. The summed E-state index contributed by atoms with van der Waals surface area (Å²) < 4.78 is 52.2. The molecule has 0 saturated carbocycles. The molecular formula is C19H14Cl2F3N3O3. The molecule has 0 spiro atoms. The van der Waals surface area contributed by atoms with Gasteiger partial charge in [0.1, 0.15) is 0 Å². The quantitative estimate of drug-likeness (QED) is 0.549. The predicted molar refractivity (Wildman–Crippen MR) is 106 cm³/mol. The Morgan fingerprint density at radius 2 is 1.67 bits per heavy atom. The number of benzene rings is 2. The summed E-state index contributed by atoms with van der Waals surface area (Å²) in [5, 5.41) is 6.50. The van der Waals surface area contributed by atoms with Gasteiger partial charge in [-0.05, 0) is 24.3 Å². The second kappa shape index (κ2) is 8.45. The molecule has 0 aliphatic carbocycles. The molecule has 1 aromatic heterocycles. The fourth-order valence-electron chi connectivity index (χ4n) is 2.71. The fraction of sp³-hybridized carbons (Fsp3) is 0.158. The first kappa shape index (κ1) is 21.8. The van der Waals surface area contributed by atoms with Gasteiger partial charge in [0.05, 0.1) is 42.4 Å². The van der Waals surface area contributed by atoms with Crippen LogP contribution in [0, 0.1) is 0 Å². The number of methoxy groups -OCH3 is 2. The van der Waals surface area contributed by atoms with E-state index in [1.54, 1.807) is 0 Å². The van der Waals surface area contributed by atoms with E-state index in [1.807, 2.05) is 0 Å². The molecule has 2 aromatic carbocycles. The fourth-order valence-corrected chi connectivity index (χ4v) is 3.03. The van der Waals surface area contributed by atoms with Crippen LogP contribution < -0.4 is 14.8 Å². The molecule has 3 aromatic rings. The summed E-state index contributed by atoms with van der Waals surface area (Å²) in [5.74, 6) is -0.506. The van der Waals surface area contributed by atoms with Crippen LogP contribution in [0.4, 0.5) is 18.9 Å². The van der Waals surface area contributed by atoms with Crippen LogP contribution in [0.5, 0.6) is 11.5 Å². The Hall–Kier alpha value is -2.91. The number of amides is 1. The molecule has 3 rings (SSSR count). The van der Waals surface area contributed by atoms with Crippen LogP contribution in [0.25, 0.3) is 5.69 Å². The number of rotatable bonds is 5. The smallest absolute Gasteiger partial charge is 0.434 e. The minimum absolute atomic E-state index is 0.0479. The molecule has 6 nitrogen and oxygen atoms in total. The molecule has 0 radical (unpaired) electrons. The van der Waals surface area contributed by atoms with E-state index in [0.29, 0.717) is 15.5 Å². The Morgan fingerprint density at radius 3 is 2.23 bits per heavy atom. The van der Waals surface area contributed by atoms with Gasteiger partial charge < -0.3 is 14.8 Å². The summed E-state index contributed by atoms with van der Waals surface area (Å²) in [6.45, 7) is 0. The van der Waals surface area contributed by atoms with Crippen molar-refractivity contribution in [3.05, 3.63) is 63.9 Å². The molecule has 1 heterocycles. The molecule has 1 amide bonds. The van der Waals surface area contributed by atoms with Crippen molar-refractivity contribution in [2.24, 2.45) is 0 Å². The molecule has 0 bridgehead atoms. The van der Waals surface area contributed by atoms with Crippen LogP contribution in [-0.4, -0.2) is 29.9 Å². The number of carbonyl (C=O) groups is 1. The number of aromatic nitrogens is 2. The van der Waals surface area contributed by atoms with Crippen molar-refractivity contribution in [2.45, 2.75) is 6.18 Å². The van der Waals surface area contributed by atoms with Crippen molar-refractivity contribution in [3.63, 3.8) is 0 Å². The molecule has 0 aliphatic rings. The SMILES string of the molecule is COc1cc(Cl)c(NC(=O)c2cnn(-c3ccc(Cl)cc3)c2C(F)(F)F)cc1OC. The van der Waals surface area contributed by atoms with E-state index in [1.165, 1.54) is 50.6 Å². The normalized spacial score (nSPS) is 11.3. The zero-order chi connectivity index (χ0) is 22.1. The third-order valence-electron chi connectivity index (χ3n) is 4.07. The maximum Gasteiger partial charge on any atom is 0.434 e. The lowest BCUT2D eigenvalue weighted by molar-refractivity contribution is -0.143. The minimum Gasteiger partial charge on any atom is -0.493 e. The third kappa shape index (κ3) is 4.31.